The third-order valence-electron chi connectivity index (χ3n) is 3.13. The number of carbonyl (C=O) groups excluding carboxylic acids is 1. The van der Waals surface area contributed by atoms with E-state index in [2.05, 4.69) is 6.92 Å². The molecule has 1 saturated heterocycles. The Balaban J connectivity index is 3.08. The largest absolute Gasteiger partial charge is 0.497 e. The normalized spacial score (nSPS) is 22.6. The maximum Gasteiger partial charge on any atom is 0.226 e. The van der Waals surface area contributed by atoms with Crippen molar-refractivity contribution in [1.29, 1.82) is 0 Å². The fraction of sp³-hybridized carbons (Fsp3) is 0.533. The van der Waals surface area contributed by atoms with Crippen molar-refractivity contribution in [3.63, 3.8) is 0 Å². The van der Waals surface area contributed by atoms with Crippen LogP contribution in [0.25, 0.3) is 0 Å². The van der Waals surface area contributed by atoms with Crippen molar-refractivity contribution in [2.75, 3.05) is 14.2 Å². The van der Waals surface area contributed by atoms with Crippen molar-refractivity contribution in [3.8, 4) is 0 Å². The van der Waals surface area contributed by atoms with Crippen LogP contribution >= 0.6 is 0 Å². The molecule has 1 aliphatic rings. The minimum atomic E-state index is 0.185. The van der Waals surface area contributed by atoms with Crippen LogP contribution in [0.2, 0.25) is 0 Å². The Bertz CT molecular complexity index is 391. The lowest BCUT2D eigenvalue weighted by molar-refractivity contribution is -0.127. The topological polar surface area (TPSA) is 29.5 Å². The minimum Gasteiger partial charge on any atom is -0.497 e. The van der Waals surface area contributed by atoms with Gasteiger partial charge in [0.15, 0.2) is 0 Å². The molecule has 0 aromatic carbocycles. The molecule has 1 heterocycles. The summed E-state index contributed by atoms with van der Waals surface area (Å²) in [5.74, 6) is 1.06. The highest BCUT2D eigenvalue weighted by Gasteiger charge is 2.20. The monoisotopic (exact) mass is 249 g/mol. The van der Waals surface area contributed by atoms with E-state index in [1.54, 1.807) is 12.0 Å². The average Bonchev–Trinajstić information content (AvgIpc) is 2.49. The molecule has 18 heavy (non-hydrogen) atoms. The molecule has 100 valence electrons. The summed E-state index contributed by atoms with van der Waals surface area (Å²) in [6, 6.07) is 0. The van der Waals surface area contributed by atoms with Gasteiger partial charge < -0.3 is 9.64 Å². The Morgan fingerprint density at radius 2 is 2.17 bits per heavy atom. The first kappa shape index (κ1) is 14.6. The fourth-order valence-electron chi connectivity index (χ4n) is 2.17. The van der Waals surface area contributed by atoms with Gasteiger partial charge >= 0.3 is 0 Å². The summed E-state index contributed by atoms with van der Waals surface area (Å²) in [6.45, 7) is 4.05. The summed E-state index contributed by atoms with van der Waals surface area (Å²) < 4.78 is 5.34. The van der Waals surface area contributed by atoms with Crippen molar-refractivity contribution < 1.29 is 9.53 Å². The van der Waals surface area contributed by atoms with Gasteiger partial charge in [-0.25, -0.2) is 0 Å². The van der Waals surface area contributed by atoms with E-state index in [-0.39, 0.29) is 5.91 Å². The first-order valence-electron chi connectivity index (χ1n) is 6.52. The number of methoxy groups -OCH3 is 1. The van der Waals surface area contributed by atoms with E-state index >= 15 is 0 Å². The van der Waals surface area contributed by atoms with E-state index in [0.29, 0.717) is 6.42 Å². The molecule has 3 heteroatoms. The average molecular weight is 249 g/mol. The molecule has 0 saturated carbocycles. The number of nitrogens with zero attached hydrogens (tertiary/aromatic N) is 1. The van der Waals surface area contributed by atoms with Crippen LogP contribution in [0.4, 0.5) is 0 Å². The van der Waals surface area contributed by atoms with Crippen LogP contribution in [0.3, 0.4) is 0 Å². The maximum atomic E-state index is 11.8. The number of carbonyl (C=O) groups is 1. The minimum absolute atomic E-state index is 0.185. The molecule has 1 amide bonds. The van der Waals surface area contributed by atoms with E-state index < -0.39 is 0 Å². The molecular weight excluding hydrogens is 226 g/mol. The van der Waals surface area contributed by atoms with Crippen LogP contribution in [0, 0.1) is 0 Å². The lowest BCUT2D eigenvalue weighted by Crippen LogP contribution is -2.24. The number of ether oxygens (including phenoxy) is 1. The SMILES string of the molecule is C\C=C1/C(=C\C(=C\CC)OC)CCCC(=O)N1C. The van der Waals surface area contributed by atoms with E-state index in [4.69, 9.17) is 4.74 Å². The van der Waals surface area contributed by atoms with Gasteiger partial charge in [0.25, 0.3) is 0 Å². The molecule has 0 N–H and O–H groups in total. The van der Waals surface area contributed by atoms with Gasteiger partial charge in [-0.3, -0.25) is 4.79 Å². The zero-order valence-corrected chi connectivity index (χ0v) is 11.8. The van der Waals surface area contributed by atoms with Crippen LogP contribution in [-0.2, 0) is 9.53 Å². The molecule has 0 bridgehead atoms. The van der Waals surface area contributed by atoms with Gasteiger partial charge in [-0.1, -0.05) is 13.0 Å². The quantitative estimate of drug-likeness (QED) is 0.717. The van der Waals surface area contributed by atoms with Crippen molar-refractivity contribution in [2.45, 2.75) is 39.5 Å². The molecule has 0 aliphatic carbocycles. The maximum absolute atomic E-state index is 11.8. The Hall–Kier alpha value is -1.51. The second-order valence-corrected chi connectivity index (χ2v) is 4.37. The van der Waals surface area contributed by atoms with E-state index in [1.165, 1.54) is 5.57 Å². The number of hydrogen-bond acceptors (Lipinski definition) is 2. The van der Waals surface area contributed by atoms with Gasteiger partial charge in [0, 0.05) is 19.2 Å². The predicted octanol–water partition coefficient (Wildman–Crippen LogP) is 3.40. The lowest BCUT2D eigenvalue weighted by atomic mass is 10.1. The highest BCUT2D eigenvalue weighted by molar-refractivity contribution is 5.79. The second kappa shape index (κ2) is 7.04. The van der Waals surface area contributed by atoms with Crippen LogP contribution in [0.5, 0.6) is 0 Å². The van der Waals surface area contributed by atoms with E-state index in [0.717, 1.165) is 30.7 Å². The van der Waals surface area contributed by atoms with Gasteiger partial charge in [-0.15, -0.1) is 0 Å². The summed E-state index contributed by atoms with van der Waals surface area (Å²) in [4.78, 5) is 13.6. The molecule has 0 aromatic rings. The molecule has 0 aromatic heterocycles. The smallest absolute Gasteiger partial charge is 0.226 e. The molecular formula is C15H23NO2. The Labute approximate surface area is 110 Å². The highest BCUT2D eigenvalue weighted by atomic mass is 16.5. The number of amides is 1. The zero-order chi connectivity index (χ0) is 13.5. The molecule has 3 nitrogen and oxygen atoms in total. The molecule has 0 radical (unpaired) electrons. The molecule has 1 aliphatic heterocycles. The second-order valence-electron chi connectivity index (χ2n) is 4.37. The number of likely N-dealkylation sites (tertiary alicyclic amines) is 1. The van der Waals surface area contributed by atoms with Gasteiger partial charge in [-0.2, -0.15) is 0 Å². The summed E-state index contributed by atoms with van der Waals surface area (Å²) in [5.41, 5.74) is 2.17. The van der Waals surface area contributed by atoms with Gasteiger partial charge in [-0.05, 0) is 43.9 Å². The van der Waals surface area contributed by atoms with Crippen LogP contribution in [0.15, 0.2) is 35.3 Å². The van der Waals surface area contributed by atoms with E-state index in [9.17, 15) is 4.79 Å². The standard InChI is InChI=1S/C15H23NO2/c1-5-8-13(18-4)11-12-9-7-10-15(17)16(3)14(12)6-2/h6,8,11H,5,7,9-10H2,1-4H3/b12-11-,13-8-,14-6+. The number of rotatable bonds is 3. The predicted molar refractivity (Wildman–Crippen MR) is 73.8 cm³/mol. The number of hydrogen-bond donors (Lipinski definition) is 0. The zero-order valence-electron chi connectivity index (χ0n) is 11.8. The van der Waals surface area contributed by atoms with Gasteiger partial charge in [0.2, 0.25) is 5.91 Å². The number of allylic oxidation sites excluding steroid dienone is 4. The highest BCUT2D eigenvalue weighted by Crippen LogP contribution is 2.26. The third-order valence-corrected chi connectivity index (χ3v) is 3.13. The van der Waals surface area contributed by atoms with Crippen molar-refractivity contribution in [1.82, 2.24) is 4.90 Å². The Kier molecular flexibility index (Phi) is 5.69. The Morgan fingerprint density at radius 1 is 1.44 bits per heavy atom. The summed E-state index contributed by atoms with van der Waals surface area (Å²) in [6.07, 6.45) is 9.46. The van der Waals surface area contributed by atoms with Gasteiger partial charge in [0.1, 0.15) is 5.76 Å². The van der Waals surface area contributed by atoms with Crippen LogP contribution < -0.4 is 0 Å². The summed E-state index contributed by atoms with van der Waals surface area (Å²) >= 11 is 0. The Morgan fingerprint density at radius 3 is 2.72 bits per heavy atom. The summed E-state index contributed by atoms with van der Waals surface area (Å²) in [7, 11) is 3.52. The van der Waals surface area contributed by atoms with Crippen molar-refractivity contribution in [2.24, 2.45) is 0 Å². The molecule has 0 spiro atoms. The lowest BCUT2D eigenvalue weighted by Gasteiger charge is -2.19. The first-order chi connectivity index (χ1) is 8.63. The van der Waals surface area contributed by atoms with Crippen molar-refractivity contribution >= 4 is 5.91 Å². The first-order valence-corrected chi connectivity index (χ1v) is 6.52. The number of likely N-dealkylation sites (N-methyl/N-ethyl adjacent to an activating group) is 1. The molecule has 0 atom stereocenters. The molecule has 1 rings (SSSR count). The van der Waals surface area contributed by atoms with E-state index in [1.807, 2.05) is 32.2 Å². The molecule has 0 unspecified atom stereocenters. The van der Waals surface area contributed by atoms with Crippen molar-refractivity contribution in [3.05, 3.63) is 35.3 Å². The fourth-order valence-corrected chi connectivity index (χ4v) is 2.17. The van der Waals surface area contributed by atoms with Crippen LogP contribution in [0.1, 0.15) is 39.5 Å². The van der Waals surface area contributed by atoms with Crippen LogP contribution in [-0.4, -0.2) is 25.0 Å². The summed E-state index contributed by atoms with van der Waals surface area (Å²) in [5, 5.41) is 0. The third kappa shape index (κ3) is 3.49. The molecule has 1 fully saturated rings. The van der Waals surface area contributed by atoms with Gasteiger partial charge in [0.05, 0.1) is 7.11 Å².